The largest absolute Gasteiger partial charge is 0.319 e. The summed E-state index contributed by atoms with van der Waals surface area (Å²) in [6.45, 7) is 1.07. The predicted octanol–water partition coefficient (Wildman–Crippen LogP) is 2.76. The zero-order valence-electron chi connectivity index (χ0n) is 9.22. The Bertz CT molecular complexity index is 314. The number of hydrogen-bond donors (Lipinski definition) is 1. The van der Waals surface area contributed by atoms with E-state index in [9.17, 15) is 4.39 Å². The monoisotopic (exact) mass is 207 g/mol. The lowest BCUT2D eigenvalue weighted by molar-refractivity contribution is 0.133. The van der Waals surface area contributed by atoms with Crippen LogP contribution in [0.2, 0.25) is 0 Å². The lowest BCUT2D eigenvalue weighted by Crippen LogP contribution is -2.40. The first-order valence-electron chi connectivity index (χ1n) is 5.63. The Hall–Kier alpha value is -0.890. The molecule has 0 aliphatic heterocycles. The lowest BCUT2D eigenvalue weighted by Gasteiger charge is -2.42. The molecule has 2 rings (SSSR count). The van der Waals surface area contributed by atoms with Gasteiger partial charge in [-0.25, -0.2) is 4.39 Å². The molecular weight excluding hydrogens is 189 g/mol. The Morgan fingerprint density at radius 2 is 1.93 bits per heavy atom. The van der Waals surface area contributed by atoms with E-state index >= 15 is 0 Å². The van der Waals surface area contributed by atoms with Gasteiger partial charge in [-0.1, -0.05) is 18.6 Å². The van der Waals surface area contributed by atoms with Gasteiger partial charge < -0.3 is 5.32 Å². The first kappa shape index (κ1) is 10.6. The van der Waals surface area contributed by atoms with Crippen LogP contribution >= 0.6 is 0 Å². The van der Waals surface area contributed by atoms with E-state index in [2.05, 4.69) is 5.32 Å². The van der Waals surface area contributed by atoms with Crippen LogP contribution in [-0.2, 0) is 6.42 Å². The first-order valence-corrected chi connectivity index (χ1v) is 5.63. The number of hydrogen-bond acceptors (Lipinski definition) is 1. The molecule has 0 radical (unpaired) electrons. The summed E-state index contributed by atoms with van der Waals surface area (Å²) in [4.78, 5) is 0. The highest BCUT2D eigenvalue weighted by atomic mass is 19.1. The molecule has 0 saturated heterocycles. The molecule has 15 heavy (non-hydrogen) atoms. The standard InChI is InChI=1S/C13H18FN/c1-15-10-13(7-2-8-13)9-11-3-5-12(14)6-4-11/h3-6,15H,2,7-10H2,1H3. The molecule has 1 nitrogen and oxygen atoms in total. The van der Waals surface area contributed by atoms with Crippen LogP contribution in [-0.4, -0.2) is 13.6 Å². The fraction of sp³-hybridized carbons (Fsp3) is 0.538. The lowest BCUT2D eigenvalue weighted by atomic mass is 9.65. The fourth-order valence-corrected chi connectivity index (χ4v) is 2.50. The van der Waals surface area contributed by atoms with E-state index in [-0.39, 0.29) is 5.82 Å². The summed E-state index contributed by atoms with van der Waals surface area (Å²) in [6.07, 6.45) is 5.01. The van der Waals surface area contributed by atoms with Gasteiger partial charge in [0.25, 0.3) is 0 Å². The summed E-state index contributed by atoms with van der Waals surface area (Å²) in [5.74, 6) is -0.143. The van der Waals surface area contributed by atoms with Crippen molar-refractivity contribution in [3.05, 3.63) is 35.6 Å². The zero-order valence-corrected chi connectivity index (χ0v) is 9.22. The molecule has 1 aliphatic rings. The summed E-state index contributed by atoms with van der Waals surface area (Å²) in [7, 11) is 2.00. The van der Waals surface area contributed by atoms with Gasteiger partial charge in [-0.15, -0.1) is 0 Å². The van der Waals surface area contributed by atoms with Crippen LogP contribution in [0, 0.1) is 11.2 Å². The maximum absolute atomic E-state index is 12.8. The molecule has 1 fully saturated rings. The Labute approximate surface area is 90.7 Å². The van der Waals surface area contributed by atoms with Crippen molar-refractivity contribution >= 4 is 0 Å². The second kappa shape index (κ2) is 4.31. The minimum Gasteiger partial charge on any atom is -0.319 e. The third kappa shape index (κ3) is 2.37. The number of rotatable bonds is 4. The van der Waals surface area contributed by atoms with Gasteiger partial charge in [0, 0.05) is 6.54 Å². The van der Waals surface area contributed by atoms with Crippen molar-refractivity contribution in [2.45, 2.75) is 25.7 Å². The van der Waals surface area contributed by atoms with Gasteiger partial charge in [-0.2, -0.15) is 0 Å². The fourth-order valence-electron chi connectivity index (χ4n) is 2.50. The second-order valence-corrected chi connectivity index (χ2v) is 4.69. The molecule has 0 aromatic heterocycles. The smallest absolute Gasteiger partial charge is 0.123 e. The number of halogens is 1. The normalized spacial score (nSPS) is 18.5. The van der Waals surface area contributed by atoms with Gasteiger partial charge in [0.15, 0.2) is 0 Å². The topological polar surface area (TPSA) is 12.0 Å². The maximum Gasteiger partial charge on any atom is 0.123 e. The SMILES string of the molecule is CNCC1(Cc2ccc(F)cc2)CCC1. The van der Waals surface area contributed by atoms with Gasteiger partial charge in [0.05, 0.1) is 0 Å². The third-order valence-electron chi connectivity index (χ3n) is 3.46. The minimum absolute atomic E-state index is 0.143. The van der Waals surface area contributed by atoms with Crippen molar-refractivity contribution < 1.29 is 4.39 Å². The Morgan fingerprint density at radius 1 is 1.27 bits per heavy atom. The molecule has 0 spiro atoms. The van der Waals surface area contributed by atoms with E-state index in [1.807, 2.05) is 19.2 Å². The van der Waals surface area contributed by atoms with Crippen molar-refractivity contribution in [3.63, 3.8) is 0 Å². The summed E-state index contributed by atoms with van der Waals surface area (Å²) in [6, 6.07) is 6.93. The highest BCUT2D eigenvalue weighted by Crippen LogP contribution is 2.43. The van der Waals surface area contributed by atoms with Gasteiger partial charge in [-0.05, 0) is 49.4 Å². The van der Waals surface area contributed by atoms with Gasteiger partial charge in [-0.3, -0.25) is 0 Å². The van der Waals surface area contributed by atoms with E-state index in [1.165, 1.54) is 24.8 Å². The summed E-state index contributed by atoms with van der Waals surface area (Å²) in [5, 5.41) is 3.27. The molecule has 0 atom stereocenters. The molecule has 0 bridgehead atoms. The van der Waals surface area contributed by atoms with Crippen LogP contribution in [0.4, 0.5) is 4.39 Å². The van der Waals surface area contributed by atoms with E-state index in [0.29, 0.717) is 5.41 Å². The van der Waals surface area contributed by atoms with Gasteiger partial charge in [0.1, 0.15) is 5.82 Å². The Balaban J connectivity index is 2.03. The molecule has 0 heterocycles. The van der Waals surface area contributed by atoms with Gasteiger partial charge in [0.2, 0.25) is 0 Å². The summed E-state index contributed by atoms with van der Waals surface area (Å²) >= 11 is 0. The van der Waals surface area contributed by atoms with Crippen molar-refractivity contribution in [1.82, 2.24) is 5.32 Å². The van der Waals surface area contributed by atoms with E-state index in [4.69, 9.17) is 0 Å². The van der Waals surface area contributed by atoms with Crippen LogP contribution in [0.25, 0.3) is 0 Å². The van der Waals surface area contributed by atoms with Crippen LogP contribution in [0.15, 0.2) is 24.3 Å². The van der Waals surface area contributed by atoms with Crippen molar-refractivity contribution in [1.29, 1.82) is 0 Å². The second-order valence-electron chi connectivity index (χ2n) is 4.69. The van der Waals surface area contributed by atoms with E-state index in [1.54, 1.807) is 12.1 Å². The minimum atomic E-state index is -0.143. The zero-order chi connectivity index (χ0) is 10.7. The molecule has 1 aromatic rings. The molecule has 1 aromatic carbocycles. The first-order chi connectivity index (χ1) is 7.24. The molecule has 1 aliphatic carbocycles. The van der Waals surface area contributed by atoms with Crippen LogP contribution < -0.4 is 5.32 Å². The molecule has 1 saturated carbocycles. The van der Waals surface area contributed by atoms with Crippen LogP contribution in [0.5, 0.6) is 0 Å². The number of benzene rings is 1. The average Bonchev–Trinajstić information content (AvgIpc) is 2.18. The molecule has 1 N–H and O–H groups in total. The van der Waals surface area contributed by atoms with Crippen molar-refractivity contribution in [2.24, 2.45) is 5.41 Å². The maximum atomic E-state index is 12.8. The molecule has 0 amide bonds. The molecule has 0 unspecified atom stereocenters. The average molecular weight is 207 g/mol. The van der Waals surface area contributed by atoms with Crippen LogP contribution in [0.1, 0.15) is 24.8 Å². The Kier molecular flexibility index (Phi) is 3.06. The summed E-state index contributed by atoms with van der Waals surface area (Å²) in [5.41, 5.74) is 1.69. The van der Waals surface area contributed by atoms with Crippen molar-refractivity contribution in [3.8, 4) is 0 Å². The number of nitrogens with one attached hydrogen (secondary N) is 1. The third-order valence-corrected chi connectivity index (χ3v) is 3.46. The highest BCUT2D eigenvalue weighted by Gasteiger charge is 2.35. The quantitative estimate of drug-likeness (QED) is 0.800. The van der Waals surface area contributed by atoms with Crippen LogP contribution in [0.3, 0.4) is 0 Å². The van der Waals surface area contributed by atoms with E-state index in [0.717, 1.165) is 13.0 Å². The van der Waals surface area contributed by atoms with Crippen molar-refractivity contribution in [2.75, 3.05) is 13.6 Å². The molecule has 82 valence electrons. The Morgan fingerprint density at radius 3 is 2.40 bits per heavy atom. The van der Waals surface area contributed by atoms with E-state index < -0.39 is 0 Å². The summed E-state index contributed by atoms with van der Waals surface area (Å²) < 4.78 is 12.8. The highest BCUT2D eigenvalue weighted by molar-refractivity contribution is 5.18. The molecular formula is C13H18FN. The van der Waals surface area contributed by atoms with Gasteiger partial charge >= 0.3 is 0 Å². The predicted molar refractivity (Wildman–Crippen MR) is 60.3 cm³/mol. The molecule has 2 heteroatoms.